The molecule has 4 fully saturated rings. The van der Waals surface area contributed by atoms with Crippen LogP contribution in [0.4, 0.5) is 4.79 Å². The first-order chi connectivity index (χ1) is 38.7. The first kappa shape index (κ1) is 69.5. The summed E-state index contributed by atoms with van der Waals surface area (Å²) in [6.45, 7) is 24.2. The van der Waals surface area contributed by atoms with Crippen molar-refractivity contribution < 1.29 is 57.1 Å². The van der Waals surface area contributed by atoms with E-state index in [2.05, 4.69) is 37.9 Å². The molecule has 6 rings (SSSR count). The van der Waals surface area contributed by atoms with Crippen LogP contribution in [0.5, 0.6) is 23.0 Å². The molecule has 2 saturated heterocycles. The summed E-state index contributed by atoms with van der Waals surface area (Å²) in [6, 6.07) is 10.2. The van der Waals surface area contributed by atoms with Gasteiger partial charge in [0.2, 0.25) is 11.8 Å². The van der Waals surface area contributed by atoms with Gasteiger partial charge in [-0.15, -0.1) is 12.4 Å². The molecule has 1 N–H and O–H groups in total. The van der Waals surface area contributed by atoms with Crippen LogP contribution in [0.1, 0.15) is 173 Å². The Morgan fingerprint density at radius 1 is 0.610 bits per heavy atom. The number of carbonyl (C=O) groups excluding carboxylic acids is 5. The molecule has 2 aliphatic heterocycles. The van der Waals surface area contributed by atoms with Gasteiger partial charge in [0.15, 0.2) is 23.0 Å². The van der Waals surface area contributed by atoms with Crippen LogP contribution >= 0.6 is 12.4 Å². The second-order valence-electron chi connectivity index (χ2n) is 24.1. The highest BCUT2D eigenvalue weighted by molar-refractivity contribution is 5.96. The Balaban J connectivity index is 0.000000353. The summed E-state index contributed by atoms with van der Waals surface area (Å²) in [5.41, 5.74) is 0.385. The number of carbonyl (C=O) groups is 5. The molecule has 4 aliphatic rings. The van der Waals surface area contributed by atoms with Crippen molar-refractivity contribution in [2.45, 2.75) is 194 Å². The average Bonchev–Trinajstić information content (AvgIpc) is 4.42. The zero-order valence-corrected chi connectivity index (χ0v) is 52.9. The molecule has 464 valence electrons. The molecule has 0 spiro atoms. The van der Waals surface area contributed by atoms with Crippen molar-refractivity contribution in [3.05, 3.63) is 47.5 Å². The zero-order valence-electron chi connectivity index (χ0n) is 52.1. The van der Waals surface area contributed by atoms with Crippen LogP contribution in [0.25, 0.3) is 0 Å². The minimum atomic E-state index is -0.685. The summed E-state index contributed by atoms with van der Waals surface area (Å²) in [4.78, 5) is 77.3. The molecular formula is C63H103ClN6O12. The summed E-state index contributed by atoms with van der Waals surface area (Å²) < 4.78 is 38.8. The second-order valence-corrected chi connectivity index (χ2v) is 24.1. The van der Waals surface area contributed by atoms with Crippen molar-refractivity contribution in [3.63, 3.8) is 0 Å². The lowest BCUT2D eigenvalue weighted by Gasteiger charge is -2.45. The van der Waals surface area contributed by atoms with Crippen molar-refractivity contribution in [2.24, 2.45) is 11.8 Å². The lowest BCUT2D eigenvalue weighted by molar-refractivity contribution is -0.133. The Labute approximate surface area is 497 Å². The van der Waals surface area contributed by atoms with E-state index in [1.807, 2.05) is 49.3 Å². The Bertz CT molecular complexity index is 2280. The van der Waals surface area contributed by atoms with Gasteiger partial charge in [0.1, 0.15) is 5.60 Å². The lowest BCUT2D eigenvalue weighted by atomic mass is 9.93. The Morgan fingerprint density at radius 2 is 1.07 bits per heavy atom. The molecule has 5 amide bonds. The first-order valence-electron chi connectivity index (χ1n) is 30.3. The quantitative estimate of drug-likeness (QED) is 0.0732. The van der Waals surface area contributed by atoms with Gasteiger partial charge in [-0.2, -0.15) is 0 Å². The maximum Gasteiger partial charge on any atom is 0.410 e. The zero-order chi connectivity index (χ0) is 59.2. The van der Waals surface area contributed by atoms with Crippen LogP contribution in [0, 0.1) is 11.8 Å². The van der Waals surface area contributed by atoms with E-state index in [1.54, 1.807) is 69.7 Å². The third kappa shape index (κ3) is 21.9. The predicted octanol–water partition coefficient (Wildman–Crippen LogP) is 10.3. The fourth-order valence-electron chi connectivity index (χ4n) is 10.9. The Morgan fingerprint density at radius 3 is 1.48 bits per heavy atom. The summed E-state index contributed by atoms with van der Waals surface area (Å²) >= 11 is 0. The summed E-state index contributed by atoms with van der Waals surface area (Å²) in [6.07, 6.45) is 11.6. The molecule has 0 radical (unpaired) electrons. The third-order valence-corrected chi connectivity index (χ3v) is 15.4. The molecule has 4 atom stereocenters. The number of likely N-dealkylation sites (tertiary alicyclic amines) is 1. The van der Waals surface area contributed by atoms with E-state index in [4.69, 9.17) is 33.2 Å². The molecular weight excluding hydrogens is 1070 g/mol. The number of nitrogens with one attached hydrogen (secondary N) is 1. The summed E-state index contributed by atoms with van der Waals surface area (Å²) in [7, 11) is 6.48. The molecule has 19 heteroatoms. The van der Waals surface area contributed by atoms with E-state index in [0.29, 0.717) is 111 Å². The van der Waals surface area contributed by atoms with Gasteiger partial charge in [0.05, 0.1) is 33.5 Å². The number of halogens is 1. The number of rotatable bonds is 30. The van der Waals surface area contributed by atoms with Crippen molar-refractivity contribution in [1.82, 2.24) is 29.8 Å². The van der Waals surface area contributed by atoms with Gasteiger partial charge in [0.25, 0.3) is 11.8 Å². The van der Waals surface area contributed by atoms with Crippen LogP contribution in [0.2, 0.25) is 0 Å². The molecule has 2 saturated carbocycles. The van der Waals surface area contributed by atoms with Crippen molar-refractivity contribution in [1.29, 1.82) is 0 Å². The van der Waals surface area contributed by atoms with Crippen LogP contribution in [0.3, 0.4) is 0 Å². The van der Waals surface area contributed by atoms with Gasteiger partial charge in [-0.1, -0.05) is 13.8 Å². The molecule has 82 heavy (non-hydrogen) atoms. The van der Waals surface area contributed by atoms with Crippen LogP contribution in [0.15, 0.2) is 36.4 Å². The molecule has 0 bridgehead atoms. The highest BCUT2D eigenvalue weighted by Crippen LogP contribution is 2.35. The molecule has 0 unspecified atom stereocenters. The Hall–Kier alpha value is -5.04. The topological polar surface area (TPSA) is 178 Å². The van der Waals surface area contributed by atoms with Crippen LogP contribution < -0.4 is 24.3 Å². The van der Waals surface area contributed by atoms with E-state index in [1.165, 1.54) is 25.7 Å². The Kier molecular flexibility index (Phi) is 29.4. The standard InChI is InChI=1S/C34H55N3O7.C29H47N3O5.ClH/c1-9-17-35(22-25-11-12-25)31(38)21-27-14-15-28(23-36(27)33(40)44-34(4,5)6)37(24(2)3)32(39)26-13-16-29(42-8)30(20-26)43-19-10-18-41-7;1-6-14-31(20-22-8-9-22)28(33)18-24-11-12-25(19-30-24)32(21(2)3)29(34)23-10-13-26(36-5)27(17-23)37-16-7-15-35-4;/h13,16,20,24-25,27-28H,9-12,14-15,17-19,21-23H2,1-8H3;10,13,17,21-22,24-25,30H,6-9,11-12,14-16,18-20H2,1-5H3;1H/t27-,28-;24-,25-;/m11./s1. The molecule has 2 aromatic carbocycles. The van der Waals surface area contributed by atoms with E-state index in [0.717, 1.165) is 58.3 Å². The van der Waals surface area contributed by atoms with Gasteiger partial charge in [-0.05, 0) is 161 Å². The smallest absolute Gasteiger partial charge is 0.410 e. The monoisotopic (exact) mass is 1170 g/mol. The summed E-state index contributed by atoms with van der Waals surface area (Å²) in [5, 5.41) is 3.58. The first-order valence-corrected chi connectivity index (χ1v) is 30.3. The third-order valence-electron chi connectivity index (χ3n) is 15.4. The van der Waals surface area contributed by atoms with E-state index in [-0.39, 0.29) is 78.7 Å². The molecule has 2 aliphatic carbocycles. The number of hydrogen-bond donors (Lipinski definition) is 1. The predicted molar refractivity (Wildman–Crippen MR) is 323 cm³/mol. The highest BCUT2D eigenvalue weighted by atomic mass is 35.5. The molecule has 18 nitrogen and oxygen atoms in total. The fraction of sp³-hybridized carbons (Fsp3) is 0.730. The number of methoxy groups -OCH3 is 4. The number of ether oxygens (including phenoxy) is 7. The fourth-order valence-corrected chi connectivity index (χ4v) is 10.9. The van der Waals surface area contributed by atoms with Crippen LogP contribution in [-0.4, -0.2) is 190 Å². The highest BCUT2D eigenvalue weighted by Gasteiger charge is 2.41. The van der Waals surface area contributed by atoms with Crippen LogP contribution in [-0.2, 0) is 23.8 Å². The minimum Gasteiger partial charge on any atom is -0.493 e. The number of amides is 5. The van der Waals surface area contributed by atoms with Gasteiger partial charge in [-0.3, -0.25) is 19.2 Å². The van der Waals surface area contributed by atoms with Gasteiger partial charge < -0.3 is 63.0 Å². The van der Waals surface area contributed by atoms with Crippen molar-refractivity contribution in [2.75, 3.05) is 94.1 Å². The van der Waals surface area contributed by atoms with Gasteiger partial charge in [-0.25, -0.2) is 4.79 Å². The molecule has 0 aromatic heterocycles. The maximum atomic E-state index is 14.1. The van der Waals surface area contributed by atoms with Gasteiger partial charge >= 0.3 is 6.09 Å². The van der Waals surface area contributed by atoms with Crippen molar-refractivity contribution in [3.8, 4) is 23.0 Å². The number of piperidine rings is 2. The summed E-state index contributed by atoms with van der Waals surface area (Å²) in [5.74, 6) is 3.72. The molecule has 2 heterocycles. The number of nitrogens with zero attached hydrogens (tertiary/aromatic N) is 5. The largest absolute Gasteiger partial charge is 0.493 e. The number of hydrogen-bond acceptors (Lipinski definition) is 13. The minimum absolute atomic E-state index is 0. The van der Waals surface area contributed by atoms with Gasteiger partial charge in [0, 0.05) is 134 Å². The lowest BCUT2D eigenvalue weighted by Crippen LogP contribution is -2.58. The number of benzene rings is 2. The molecule has 2 aromatic rings. The van der Waals surface area contributed by atoms with Crippen molar-refractivity contribution >= 4 is 42.1 Å². The van der Waals surface area contributed by atoms with E-state index >= 15 is 0 Å². The second kappa shape index (κ2) is 34.7. The maximum absolute atomic E-state index is 14.1. The average molecular weight is 1170 g/mol. The SMILES string of the molecule is CCCN(CC1CC1)C(=O)C[C@H]1CC[C@@H](N(C(=O)c2ccc(OC)c(OCCCOC)c2)C(C)C)CN1.CCCN(CC1CC1)C(=O)C[C@H]1CC[C@@H](N(C(=O)c2ccc(OC)c(OCCCOC)c2)C(C)C)CN1C(=O)OC(C)(C)C.Cl. The van der Waals surface area contributed by atoms with E-state index < -0.39 is 11.7 Å². The normalized spacial score (nSPS) is 18.8. The van der Waals surface area contributed by atoms with E-state index in [9.17, 15) is 24.0 Å².